The first kappa shape index (κ1) is 16.3. The van der Waals surface area contributed by atoms with E-state index in [1.54, 1.807) is 6.92 Å². The third-order valence-electron chi connectivity index (χ3n) is 3.16. The molecular formula is C12H16FNO5S2. The van der Waals surface area contributed by atoms with Crippen molar-refractivity contribution in [1.29, 1.82) is 0 Å². The summed E-state index contributed by atoms with van der Waals surface area (Å²) in [6, 6.07) is 4.08. The van der Waals surface area contributed by atoms with Crippen LogP contribution in [0.2, 0.25) is 0 Å². The van der Waals surface area contributed by atoms with Gasteiger partial charge in [0, 0.05) is 19.7 Å². The average molecular weight is 337 g/mol. The fourth-order valence-corrected chi connectivity index (χ4v) is 4.11. The molecule has 21 heavy (non-hydrogen) atoms. The van der Waals surface area contributed by atoms with Gasteiger partial charge >= 0.3 is 10.2 Å². The Kier molecular flexibility index (Phi) is 4.66. The van der Waals surface area contributed by atoms with Crippen molar-refractivity contribution in [2.75, 3.05) is 19.7 Å². The summed E-state index contributed by atoms with van der Waals surface area (Å²) in [5.74, 6) is 0. The molecule has 1 aromatic rings. The number of hydrogen-bond donors (Lipinski definition) is 0. The van der Waals surface area contributed by atoms with Crippen LogP contribution in [0.25, 0.3) is 0 Å². The highest BCUT2D eigenvalue weighted by Gasteiger charge is 2.28. The number of halogens is 1. The molecule has 6 nitrogen and oxygen atoms in total. The van der Waals surface area contributed by atoms with Crippen molar-refractivity contribution in [2.24, 2.45) is 0 Å². The lowest BCUT2D eigenvalue weighted by Crippen LogP contribution is -2.35. The quantitative estimate of drug-likeness (QED) is 0.773. The first-order chi connectivity index (χ1) is 9.71. The Morgan fingerprint density at radius 2 is 1.71 bits per heavy atom. The van der Waals surface area contributed by atoms with Gasteiger partial charge in [-0.3, -0.25) is 0 Å². The van der Waals surface area contributed by atoms with Crippen molar-refractivity contribution in [3.63, 3.8) is 0 Å². The molecule has 1 aliphatic rings. The van der Waals surface area contributed by atoms with Gasteiger partial charge in [-0.2, -0.15) is 12.7 Å². The van der Waals surface area contributed by atoms with Crippen molar-refractivity contribution in [3.05, 3.63) is 24.3 Å². The van der Waals surface area contributed by atoms with Gasteiger partial charge in [0.15, 0.2) is 0 Å². The van der Waals surface area contributed by atoms with Crippen LogP contribution in [0.15, 0.2) is 34.1 Å². The summed E-state index contributed by atoms with van der Waals surface area (Å²) in [5, 5.41) is 0. The molecule has 0 aromatic heterocycles. The van der Waals surface area contributed by atoms with Crippen LogP contribution in [0.3, 0.4) is 0 Å². The van der Waals surface area contributed by atoms with E-state index in [1.165, 1.54) is 4.31 Å². The molecule has 1 saturated heterocycles. The standard InChI is InChI=1S/C12H16FNO5S2/c1-10-9-14(7-2-8-19-10)21(17,18)12-5-3-11(4-6-12)20(13,15)16/h3-6,10H,2,7-9H2,1H3. The van der Waals surface area contributed by atoms with Crippen LogP contribution in [0.5, 0.6) is 0 Å². The van der Waals surface area contributed by atoms with Crippen molar-refractivity contribution >= 4 is 20.2 Å². The van der Waals surface area contributed by atoms with Crippen LogP contribution >= 0.6 is 0 Å². The second kappa shape index (κ2) is 5.99. The maximum absolute atomic E-state index is 12.8. The second-order valence-corrected chi connectivity index (χ2v) is 8.09. The van der Waals surface area contributed by atoms with Crippen LogP contribution < -0.4 is 0 Å². The minimum absolute atomic E-state index is 0.0657. The predicted octanol–water partition coefficient (Wildman–Crippen LogP) is 1.14. The molecule has 1 unspecified atom stereocenters. The van der Waals surface area contributed by atoms with Gasteiger partial charge in [-0.05, 0) is 37.6 Å². The normalized spacial score (nSPS) is 21.9. The predicted molar refractivity (Wildman–Crippen MR) is 73.5 cm³/mol. The first-order valence-electron chi connectivity index (χ1n) is 6.38. The van der Waals surface area contributed by atoms with Crippen molar-refractivity contribution < 1.29 is 25.5 Å². The summed E-state index contributed by atoms with van der Waals surface area (Å²) in [6.07, 6.45) is 0.369. The second-order valence-electron chi connectivity index (χ2n) is 4.81. The van der Waals surface area contributed by atoms with Crippen LogP contribution in [-0.4, -0.2) is 46.9 Å². The van der Waals surface area contributed by atoms with E-state index in [1.807, 2.05) is 0 Å². The fourth-order valence-electron chi connectivity index (χ4n) is 2.10. The Morgan fingerprint density at radius 1 is 1.14 bits per heavy atom. The zero-order chi connectivity index (χ0) is 15.7. The molecule has 0 saturated carbocycles. The van der Waals surface area contributed by atoms with Gasteiger partial charge in [0.2, 0.25) is 10.0 Å². The van der Waals surface area contributed by atoms with E-state index in [9.17, 15) is 20.7 Å². The minimum Gasteiger partial charge on any atom is -0.377 e. The summed E-state index contributed by atoms with van der Waals surface area (Å²) in [7, 11) is -8.58. The van der Waals surface area contributed by atoms with Gasteiger partial charge in [-0.1, -0.05) is 0 Å². The fraction of sp³-hybridized carbons (Fsp3) is 0.500. The number of sulfonamides is 1. The highest BCUT2D eigenvalue weighted by molar-refractivity contribution is 7.89. The lowest BCUT2D eigenvalue weighted by molar-refractivity contribution is 0.0752. The van der Waals surface area contributed by atoms with Crippen LogP contribution in [0, 0.1) is 0 Å². The molecule has 0 amide bonds. The van der Waals surface area contributed by atoms with E-state index < -0.39 is 25.1 Å². The third kappa shape index (κ3) is 3.79. The largest absolute Gasteiger partial charge is 0.377 e. The lowest BCUT2D eigenvalue weighted by atomic mass is 10.4. The molecule has 2 rings (SSSR count). The molecule has 1 aliphatic heterocycles. The summed E-state index contributed by atoms with van der Waals surface area (Å²) >= 11 is 0. The van der Waals surface area contributed by atoms with Crippen LogP contribution in [0.1, 0.15) is 13.3 Å². The van der Waals surface area contributed by atoms with Gasteiger partial charge in [0.05, 0.1) is 15.9 Å². The molecule has 0 spiro atoms. The summed E-state index contributed by atoms with van der Waals surface area (Å²) < 4.78 is 65.9. The molecule has 118 valence electrons. The molecule has 1 atom stereocenters. The van der Waals surface area contributed by atoms with Gasteiger partial charge in [0.1, 0.15) is 0 Å². The third-order valence-corrected chi connectivity index (χ3v) is 5.87. The zero-order valence-electron chi connectivity index (χ0n) is 11.4. The van der Waals surface area contributed by atoms with Gasteiger partial charge in [0.25, 0.3) is 0 Å². The van der Waals surface area contributed by atoms with Crippen molar-refractivity contribution in [1.82, 2.24) is 4.31 Å². The highest BCUT2D eigenvalue weighted by Crippen LogP contribution is 2.21. The lowest BCUT2D eigenvalue weighted by Gasteiger charge is -2.21. The number of rotatable bonds is 3. The van der Waals surface area contributed by atoms with E-state index in [4.69, 9.17) is 4.74 Å². The Hall–Kier alpha value is -1.03. The highest BCUT2D eigenvalue weighted by atomic mass is 32.3. The van der Waals surface area contributed by atoms with E-state index >= 15 is 0 Å². The summed E-state index contributed by atoms with van der Waals surface area (Å²) in [6.45, 7) is 2.83. The molecule has 9 heteroatoms. The molecule has 1 fully saturated rings. The smallest absolute Gasteiger partial charge is 0.332 e. The molecule has 1 aromatic carbocycles. The maximum atomic E-state index is 12.8. The Labute approximate surface area is 123 Å². The van der Waals surface area contributed by atoms with Crippen molar-refractivity contribution in [3.8, 4) is 0 Å². The Morgan fingerprint density at radius 3 is 2.29 bits per heavy atom. The molecule has 0 aliphatic carbocycles. The van der Waals surface area contributed by atoms with Crippen LogP contribution in [-0.2, 0) is 25.0 Å². The Bertz CT molecular complexity index is 700. The van der Waals surface area contributed by atoms with Gasteiger partial charge < -0.3 is 4.74 Å². The van der Waals surface area contributed by atoms with Crippen molar-refractivity contribution in [2.45, 2.75) is 29.2 Å². The Balaban J connectivity index is 2.30. The number of benzene rings is 1. The van der Waals surface area contributed by atoms with Gasteiger partial charge in [-0.25, -0.2) is 8.42 Å². The zero-order valence-corrected chi connectivity index (χ0v) is 13.0. The average Bonchev–Trinajstić information content (AvgIpc) is 2.63. The maximum Gasteiger partial charge on any atom is 0.332 e. The number of nitrogens with zero attached hydrogens (tertiary/aromatic N) is 1. The van der Waals surface area contributed by atoms with E-state index in [0.29, 0.717) is 19.6 Å². The minimum atomic E-state index is -4.83. The topological polar surface area (TPSA) is 80.8 Å². The monoisotopic (exact) mass is 337 g/mol. The van der Waals surface area contributed by atoms with Gasteiger partial charge in [-0.15, -0.1) is 3.89 Å². The molecule has 0 bridgehead atoms. The molecule has 1 heterocycles. The van der Waals surface area contributed by atoms with Crippen LogP contribution in [0.4, 0.5) is 3.89 Å². The summed E-state index contributed by atoms with van der Waals surface area (Å²) in [4.78, 5) is -0.627. The molecule has 0 N–H and O–H groups in total. The number of hydrogen-bond acceptors (Lipinski definition) is 5. The van der Waals surface area contributed by atoms with E-state index in [0.717, 1.165) is 24.3 Å². The SMILES string of the molecule is CC1CN(S(=O)(=O)c2ccc(S(=O)(=O)F)cc2)CCCO1. The van der Waals surface area contributed by atoms with E-state index in [2.05, 4.69) is 0 Å². The van der Waals surface area contributed by atoms with E-state index in [-0.39, 0.29) is 17.5 Å². The molecular weight excluding hydrogens is 321 g/mol. The first-order valence-corrected chi connectivity index (χ1v) is 9.20. The summed E-state index contributed by atoms with van der Waals surface area (Å²) in [5.41, 5.74) is 0. The number of ether oxygens (including phenoxy) is 1. The molecule has 0 radical (unpaired) electrons.